The summed E-state index contributed by atoms with van der Waals surface area (Å²) in [5.41, 5.74) is 15.0. The number of carbonyl (C=O) groups excluding carboxylic acids is 1. The van der Waals surface area contributed by atoms with Gasteiger partial charge in [0.25, 0.3) is 0 Å². The van der Waals surface area contributed by atoms with E-state index in [0.29, 0.717) is 84.0 Å². The molecule has 0 amide bonds. The van der Waals surface area contributed by atoms with E-state index in [9.17, 15) is 4.79 Å². The van der Waals surface area contributed by atoms with Crippen LogP contribution in [0.5, 0.6) is 17.2 Å². The molecule has 0 aromatic heterocycles. The van der Waals surface area contributed by atoms with Crippen LogP contribution in [0.25, 0.3) is 0 Å². The number of carbonyl (C=O) groups is 1. The van der Waals surface area contributed by atoms with Gasteiger partial charge in [0.1, 0.15) is 17.2 Å². The molecule has 0 spiro atoms. The molecule has 0 fully saturated rings. The van der Waals surface area contributed by atoms with Crippen LogP contribution < -0.4 is 14.2 Å². The molecular formula is C57H68O10Si. The van der Waals surface area contributed by atoms with Gasteiger partial charge < -0.3 is 42.3 Å². The third-order valence-corrected chi connectivity index (χ3v) is 12.2. The van der Waals surface area contributed by atoms with Crippen LogP contribution in [0.15, 0.2) is 109 Å². The fourth-order valence-electron chi connectivity index (χ4n) is 8.02. The van der Waals surface area contributed by atoms with E-state index in [2.05, 4.69) is 106 Å². The Morgan fingerprint density at radius 3 is 0.868 bits per heavy atom. The van der Waals surface area contributed by atoms with E-state index in [1.165, 1.54) is 5.56 Å². The Morgan fingerprint density at radius 2 is 0.618 bits per heavy atom. The molecule has 0 N–H and O–H groups in total. The molecule has 0 unspecified atom stereocenters. The molecule has 6 rings (SSSR count). The van der Waals surface area contributed by atoms with Crippen molar-refractivity contribution in [2.24, 2.45) is 0 Å². The molecule has 0 atom stereocenters. The van der Waals surface area contributed by atoms with Gasteiger partial charge >= 0.3 is 0 Å². The Balaban J connectivity index is 0.925. The molecule has 360 valence electrons. The van der Waals surface area contributed by atoms with Gasteiger partial charge in [0.05, 0.1) is 99.6 Å². The van der Waals surface area contributed by atoms with Crippen molar-refractivity contribution >= 4 is 14.6 Å². The van der Waals surface area contributed by atoms with Crippen molar-refractivity contribution in [2.75, 3.05) is 21.3 Å². The van der Waals surface area contributed by atoms with Crippen LogP contribution >= 0.6 is 0 Å². The number of rotatable bonds is 27. The van der Waals surface area contributed by atoms with Crippen molar-refractivity contribution in [1.29, 1.82) is 0 Å². The second-order valence-corrected chi connectivity index (χ2v) is 22.7. The average molecular weight is 941 g/mol. The van der Waals surface area contributed by atoms with Gasteiger partial charge in [-0.05, 0) is 85.4 Å². The summed E-state index contributed by atoms with van der Waals surface area (Å²) in [7, 11) is 3.40. The van der Waals surface area contributed by atoms with Crippen molar-refractivity contribution in [3.63, 3.8) is 0 Å². The minimum Gasteiger partial charge on any atom is -0.496 e. The minimum absolute atomic E-state index is 0.338. The Kier molecular flexibility index (Phi) is 19.5. The first-order valence-corrected chi connectivity index (χ1v) is 26.5. The number of ether oxygens (including phenoxy) is 8. The summed E-state index contributed by atoms with van der Waals surface area (Å²) in [5, 5.41) is 0. The minimum atomic E-state index is -1.56. The summed E-state index contributed by atoms with van der Waals surface area (Å²) >= 11 is 0. The molecule has 10 nitrogen and oxygen atoms in total. The number of aryl methyl sites for hydroxylation is 3. The third kappa shape index (κ3) is 15.7. The molecule has 0 aliphatic rings. The summed E-state index contributed by atoms with van der Waals surface area (Å²) in [6, 6.07) is 37.2. The smallest absolute Gasteiger partial charge is 0.184 e. The van der Waals surface area contributed by atoms with Gasteiger partial charge in [0, 0.05) is 27.8 Å². The van der Waals surface area contributed by atoms with Crippen molar-refractivity contribution in [3.8, 4) is 17.2 Å². The van der Waals surface area contributed by atoms with Crippen LogP contribution in [0.3, 0.4) is 0 Å². The quantitative estimate of drug-likeness (QED) is 0.0367. The third-order valence-electron chi connectivity index (χ3n) is 11.2. The highest BCUT2D eigenvalue weighted by Crippen LogP contribution is 2.30. The van der Waals surface area contributed by atoms with Crippen LogP contribution in [0, 0.1) is 20.8 Å². The van der Waals surface area contributed by atoms with E-state index in [-0.39, 0.29) is 0 Å². The van der Waals surface area contributed by atoms with Gasteiger partial charge in [-0.15, -0.1) is 0 Å². The first-order valence-electron chi connectivity index (χ1n) is 23.1. The number of aldehydes is 1. The van der Waals surface area contributed by atoms with Gasteiger partial charge in [-0.3, -0.25) is 4.79 Å². The molecule has 0 bridgehead atoms. The molecule has 0 aliphatic carbocycles. The van der Waals surface area contributed by atoms with Crippen molar-refractivity contribution in [3.05, 3.63) is 193 Å². The van der Waals surface area contributed by atoms with Crippen molar-refractivity contribution in [1.82, 2.24) is 0 Å². The topological polar surface area (TPSA) is 100 Å². The second-order valence-electron chi connectivity index (χ2n) is 18.2. The van der Waals surface area contributed by atoms with Gasteiger partial charge in [0.2, 0.25) is 0 Å². The maximum Gasteiger partial charge on any atom is 0.184 e. The zero-order chi connectivity index (χ0) is 48.5. The zero-order valence-electron chi connectivity index (χ0n) is 41.3. The summed E-state index contributed by atoms with van der Waals surface area (Å²) in [6.07, 6.45) is 0.811. The number of methoxy groups -OCH3 is 3. The summed E-state index contributed by atoms with van der Waals surface area (Å²) in [4.78, 5) is 11.5. The van der Waals surface area contributed by atoms with E-state index >= 15 is 0 Å². The van der Waals surface area contributed by atoms with Gasteiger partial charge in [-0.25, -0.2) is 0 Å². The van der Waals surface area contributed by atoms with Crippen LogP contribution in [0.1, 0.15) is 88.2 Å². The molecule has 0 saturated heterocycles. The average Bonchev–Trinajstić information content (AvgIpc) is 3.31. The first kappa shape index (κ1) is 51.8. The zero-order valence-corrected chi connectivity index (χ0v) is 42.3. The molecular weight excluding hydrogens is 873 g/mol. The van der Waals surface area contributed by atoms with E-state index in [4.69, 9.17) is 42.3 Å². The van der Waals surface area contributed by atoms with Gasteiger partial charge in [-0.2, -0.15) is 0 Å². The Hall–Kier alpha value is -5.63. The lowest BCUT2D eigenvalue weighted by molar-refractivity contribution is 0.0983. The monoisotopic (exact) mass is 940 g/mol. The van der Waals surface area contributed by atoms with E-state index in [1.807, 2.05) is 43.3 Å². The SMILES string of the molecule is COc1c(C=O)cc(C)cc1COCc1ccc(COCc2cc(C)cc(COCc3ccc(COCc4cc(C)cc(COCc5ccc(CO[Si](C)(C)C)cc5)c4OC)cc3)c2OC)cc1. The summed E-state index contributed by atoms with van der Waals surface area (Å²) < 4.78 is 54.0. The van der Waals surface area contributed by atoms with Crippen LogP contribution in [-0.2, 0) is 101 Å². The lowest BCUT2D eigenvalue weighted by Crippen LogP contribution is -2.24. The number of benzene rings is 6. The Bertz CT molecular complexity index is 2530. The molecule has 11 heteroatoms. The van der Waals surface area contributed by atoms with Crippen molar-refractivity contribution < 1.29 is 47.1 Å². The molecule has 6 aromatic rings. The van der Waals surface area contributed by atoms with Crippen LogP contribution in [0.4, 0.5) is 0 Å². The number of hydrogen-bond donors (Lipinski definition) is 0. The van der Waals surface area contributed by atoms with Gasteiger partial charge in [0.15, 0.2) is 14.6 Å². The standard InChI is InChI=1S/C57H68O10Si/c1-40-22-49(28-58)55(59-4)50(23-40)35-62-29-43-10-12-44(13-11-43)30-63-36-51-24-41(2)25-52(56(51)60-5)37-64-31-45-14-16-46(17-15-45)32-65-38-53-26-42(3)27-54(57(53)61-6)39-66-33-47-18-20-48(21-19-47)34-67-68(7,8)9/h10-28H,29-39H2,1-9H3. The van der Waals surface area contributed by atoms with Gasteiger partial charge in [-0.1, -0.05) is 114 Å². The predicted molar refractivity (Wildman–Crippen MR) is 269 cm³/mol. The fraction of sp³-hybridized carbons (Fsp3) is 0.351. The first-order chi connectivity index (χ1) is 32.8. The molecule has 0 radical (unpaired) electrons. The Morgan fingerprint density at radius 1 is 0.368 bits per heavy atom. The maximum atomic E-state index is 11.5. The van der Waals surface area contributed by atoms with E-state index in [0.717, 1.165) is 90.1 Å². The molecule has 68 heavy (non-hydrogen) atoms. The lowest BCUT2D eigenvalue weighted by Gasteiger charge is -2.17. The highest BCUT2D eigenvalue weighted by Gasteiger charge is 2.16. The second kappa shape index (κ2) is 25.7. The lowest BCUT2D eigenvalue weighted by atomic mass is 10.1. The molecule has 6 aromatic carbocycles. The normalized spacial score (nSPS) is 11.5. The fourth-order valence-corrected chi connectivity index (χ4v) is 8.62. The van der Waals surface area contributed by atoms with Crippen LogP contribution in [-0.4, -0.2) is 35.9 Å². The van der Waals surface area contributed by atoms with Crippen LogP contribution in [0.2, 0.25) is 19.6 Å². The molecule has 0 heterocycles. The van der Waals surface area contributed by atoms with Crippen molar-refractivity contribution in [2.45, 2.75) is 113 Å². The summed E-state index contributed by atoms with van der Waals surface area (Å²) in [5.74, 6) is 2.13. The highest BCUT2D eigenvalue weighted by molar-refractivity contribution is 6.69. The number of hydrogen-bond acceptors (Lipinski definition) is 10. The largest absolute Gasteiger partial charge is 0.496 e. The molecule has 0 saturated carbocycles. The van der Waals surface area contributed by atoms with E-state index in [1.54, 1.807) is 21.3 Å². The van der Waals surface area contributed by atoms with E-state index < -0.39 is 8.32 Å². The molecule has 0 aliphatic heterocycles. The predicted octanol–water partition coefficient (Wildman–Crippen LogP) is 12.4. The maximum absolute atomic E-state index is 11.5. The summed E-state index contributed by atoms with van der Waals surface area (Å²) in [6.45, 7) is 17.6. The highest BCUT2D eigenvalue weighted by atomic mass is 28.4. The Labute approximate surface area is 404 Å².